The highest BCUT2D eigenvalue weighted by Crippen LogP contribution is 2.14. The lowest BCUT2D eigenvalue weighted by Crippen LogP contribution is -2.40. The van der Waals surface area contributed by atoms with Crippen LogP contribution in [0.15, 0.2) is 60.8 Å². The third kappa shape index (κ3) is 47.0. The smallest absolute Gasteiger partial charge is 0.361 e. The molecule has 0 aromatic rings. The molecule has 0 radical (unpaired) electrons. The van der Waals surface area contributed by atoms with Gasteiger partial charge in [0.2, 0.25) is 0 Å². The molecule has 0 saturated heterocycles. The first-order valence-corrected chi connectivity index (χ1v) is 26.0. The Labute approximate surface area is 393 Å². The van der Waals surface area contributed by atoms with Crippen molar-refractivity contribution in [3.8, 4) is 0 Å². The molecule has 0 aliphatic rings. The highest BCUT2D eigenvalue weighted by atomic mass is 16.7. The van der Waals surface area contributed by atoms with E-state index in [4.69, 9.17) is 18.9 Å². The van der Waals surface area contributed by atoms with Crippen LogP contribution in [0.3, 0.4) is 0 Å². The van der Waals surface area contributed by atoms with E-state index in [2.05, 4.69) is 74.6 Å². The molecule has 0 aliphatic heterocycles. The number of quaternary nitrogens is 1. The van der Waals surface area contributed by atoms with Gasteiger partial charge in [-0.05, 0) is 83.5 Å². The van der Waals surface area contributed by atoms with E-state index in [1.807, 2.05) is 21.1 Å². The third-order valence-electron chi connectivity index (χ3n) is 11.0. The van der Waals surface area contributed by atoms with E-state index < -0.39 is 24.3 Å². The van der Waals surface area contributed by atoms with E-state index >= 15 is 0 Å². The minimum absolute atomic E-state index is 0.181. The second-order valence-electron chi connectivity index (χ2n) is 18.5. The second-order valence-corrected chi connectivity index (χ2v) is 18.5. The van der Waals surface area contributed by atoms with Crippen molar-refractivity contribution in [2.75, 3.05) is 47.5 Å². The first-order valence-electron chi connectivity index (χ1n) is 26.0. The third-order valence-corrected chi connectivity index (χ3v) is 11.0. The first kappa shape index (κ1) is 61.0. The summed E-state index contributed by atoms with van der Waals surface area (Å²) in [5, 5.41) is 9.67. The number of carboxylic acids is 1. The largest absolute Gasteiger partial charge is 0.477 e. The van der Waals surface area contributed by atoms with Crippen molar-refractivity contribution in [1.82, 2.24) is 0 Å². The first-order chi connectivity index (χ1) is 31.1. The predicted octanol–water partition coefficient (Wildman–Crippen LogP) is 14.5. The zero-order valence-electron chi connectivity index (χ0n) is 41.9. The number of carbonyl (C=O) groups is 3. The molecule has 0 aromatic heterocycles. The van der Waals surface area contributed by atoms with Crippen LogP contribution in [0.25, 0.3) is 0 Å². The molecular weight excluding hydrogens is 803 g/mol. The Morgan fingerprint density at radius 1 is 0.469 bits per heavy atom. The van der Waals surface area contributed by atoms with Crippen LogP contribution in [0.4, 0.5) is 0 Å². The lowest BCUT2D eigenvalue weighted by Gasteiger charge is -2.25. The molecule has 0 bridgehead atoms. The van der Waals surface area contributed by atoms with Crippen molar-refractivity contribution >= 4 is 17.9 Å². The lowest BCUT2D eigenvalue weighted by molar-refractivity contribution is -0.870. The number of aliphatic carboxylic acids is 1. The van der Waals surface area contributed by atoms with Crippen LogP contribution in [0.1, 0.15) is 213 Å². The van der Waals surface area contributed by atoms with Crippen molar-refractivity contribution in [2.45, 2.75) is 225 Å². The van der Waals surface area contributed by atoms with Crippen LogP contribution in [0.2, 0.25) is 0 Å². The van der Waals surface area contributed by atoms with Gasteiger partial charge in [-0.2, -0.15) is 0 Å². The number of hydrogen-bond donors (Lipinski definition) is 1. The molecule has 0 spiro atoms. The van der Waals surface area contributed by atoms with Gasteiger partial charge < -0.3 is 28.5 Å². The highest BCUT2D eigenvalue weighted by molar-refractivity contribution is 5.71. The van der Waals surface area contributed by atoms with Gasteiger partial charge in [-0.15, -0.1) is 0 Å². The molecule has 1 N–H and O–H groups in total. The average molecular weight is 901 g/mol. The van der Waals surface area contributed by atoms with Crippen molar-refractivity contribution in [3.05, 3.63) is 60.8 Å². The topological polar surface area (TPSA) is 108 Å². The van der Waals surface area contributed by atoms with Crippen LogP contribution >= 0.6 is 0 Å². The number of unbranched alkanes of at least 4 members (excludes halogenated alkanes) is 22. The number of carboxylic acid groups (broad SMARTS) is 1. The fourth-order valence-electron chi connectivity index (χ4n) is 6.93. The van der Waals surface area contributed by atoms with E-state index in [0.29, 0.717) is 17.4 Å². The number of esters is 2. The van der Waals surface area contributed by atoms with Crippen molar-refractivity contribution in [2.24, 2.45) is 0 Å². The van der Waals surface area contributed by atoms with Gasteiger partial charge in [-0.3, -0.25) is 9.59 Å². The van der Waals surface area contributed by atoms with Gasteiger partial charge in [0.1, 0.15) is 13.2 Å². The van der Waals surface area contributed by atoms with Gasteiger partial charge in [0, 0.05) is 12.8 Å². The van der Waals surface area contributed by atoms with Crippen LogP contribution in [-0.4, -0.2) is 87.4 Å². The zero-order valence-corrected chi connectivity index (χ0v) is 41.9. The van der Waals surface area contributed by atoms with E-state index in [9.17, 15) is 19.5 Å². The molecular formula is C55H98NO8+. The Balaban J connectivity index is 4.39. The fraction of sp³-hybridized carbons (Fsp3) is 0.764. The number of hydrogen-bond acceptors (Lipinski definition) is 7. The molecule has 64 heavy (non-hydrogen) atoms. The van der Waals surface area contributed by atoms with Gasteiger partial charge in [0.05, 0.1) is 34.4 Å². The summed E-state index contributed by atoms with van der Waals surface area (Å²) in [5.74, 6) is -2.03. The van der Waals surface area contributed by atoms with Crippen molar-refractivity contribution in [3.63, 3.8) is 0 Å². The van der Waals surface area contributed by atoms with Gasteiger partial charge in [0.15, 0.2) is 6.10 Å². The highest BCUT2D eigenvalue weighted by Gasteiger charge is 2.25. The van der Waals surface area contributed by atoms with Crippen molar-refractivity contribution < 1.29 is 42.9 Å². The quantitative estimate of drug-likeness (QED) is 0.0211. The molecule has 0 amide bonds. The Bertz CT molecular complexity index is 1230. The van der Waals surface area contributed by atoms with E-state index in [1.54, 1.807) is 0 Å². The molecule has 2 unspecified atom stereocenters. The van der Waals surface area contributed by atoms with Gasteiger partial charge in [-0.25, -0.2) is 4.79 Å². The molecule has 9 nitrogen and oxygen atoms in total. The standard InChI is InChI=1S/C55H97NO8/c1-6-8-10-12-14-16-18-20-22-24-26-27-28-30-32-34-36-38-40-42-44-46-53(58)64-51(50-63-55(54(59)60)61-48-47-56(3,4)5)49-62-52(57)45-43-41-39-37-35-33-31-29-25-23-21-19-17-15-13-11-9-7-2/h17-20,23-26,28,30,51,55H,6-16,21-22,27,29,31-50H2,1-5H3/p+1/b19-17-,20-18-,25-23-,26-24-,30-28-. The summed E-state index contributed by atoms with van der Waals surface area (Å²) in [7, 11) is 5.95. The summed E-state index contributed by atoms with van der Waals surface area (Å²) >= 11 is 0. The number of likely N-dealkylation sites (N-methyl/N-ethyl adjacent to an activating group) is 1. The second kappa shape index (κ2) is 46.5. The molecule has 2 atom stereocenters. The van der Waals surface area contributed by atoms with Gasteiger partial charge >= 0.3 is 17.9 Å². The Morgan fingerprint density at radius 3 is 1.27 bits per heavy atom. The number of nitrogens with zero attached hydrogens (tertiary/aromatic N) is 1. The number of carbonyl (C=O) groups excluding carboxylic acids is 2. The maximum Gasteiger partial charge on any atom is 0.361 e. The number of ether oxygens (including phenoxy) is 4. The molecule has 0 aliphatic carbocycles. The summed E-state index contributed by atoms with van der Waals surface area (Å²) in [6, 6.07) is 0. The maximum absolute atomic E-state index is 12.8. The summed E-state index contributed by atoms with van der Waals surface area (Å²) in [5.41, 5.74) is 0. The van der Waals surface area contributed by atoms with E-state index in [0.717, 1.165) is 89.9 Å². The SMILES string of the molecule is CCCCCC/C=C\C/C=C\CCCCCCCCCC(=O)OCC(COC(OCC[N+](C)(C)C)C(=O)O)OC(=O)CCCCCCCC/C=C\C/C=C\C/C=C\CCCCCCC. The molecule has 370 valence electrons. The Morgan fingerprint density at radius 2 is 0.844 bits per heavy atom. The summed E-state index contributed by atoms with van der Waals surface area (Å²) in [6.45, 7) is 4.82. The van der Waals surface area contributed by atoms with Crippen molar-refractivity contribution in [1.29, 1.82) is 0 Å². The Kier molecular flexibility index (Phi) is 44.3. The monoisotopic (exact) mass is 901 g/mol. The lowest BCUT2D eigenvalue weighted by atomic mass is 10.1. The summed E-state index contributed by atoms with van der Waals surface area (Å²) < 4.78 is 22.8. The zero-order chi connectivity index (χ0) is 47.0. The Hall–Kier alpha value is -3.01. The minimum Gasteiger partial charge on any atom is -0.477 e. The van der Waals surface area contributed by atoms with Crippen LogP contribution in [0.5, 0.6) is 0 Å². The average Bonchev–Trinajstić information content (AvgIpc) is 3.26. The summed E-state index contributed by atoms with van der Waals surface area (Å²) in [4.78, 5) is 37.3. The normalized spacial score (nSPS) is 13.3. The molecule has 0 heterocycles. The number of allylic oxidation sites excluding steroid dienone is 10. The molecule has 9 heteroatoms. The van der Waals surface area contributed by atoms with Gasteiger partial charge in [0.25, 0.3) is 6.29 Å². The molecule has 0 saturated carbocycles. The minimum atomic E-state index is -1.52. The molecule has 0 rings (SSSR count). The maximum atomic E-state index is 12.8. The fourth-order valence-corrected chi connectivity index (χ4v) is 6.93. The summed E-state index contributed by atoms with van der Waals surface area (Å²) in [6.07, 6.45) is 54.2. The molecule has 0 aromatic carbocycles. The predicted molar refractivity (Wildman–Crippen MR) is 267 cm³/mol. The van der Waals surface area contributed by atoms with Crippen LogP contribution in [0, 0.1) is 0 Å². The van der Waals surface area contributed by atoms with E-state index in [-0.39, 0.29) is 38.6 Å². The van der Waals surface area contributed by atoms with Crippen LogP contribution in [-0.2, 0) is 33.3 Å². The van der Waals surface area contributed by atoms with Crippen LogP contribution < -0.4 is 0 Å². The molecule has 0 fully saturated rings. The van der Waals surface area contributed by atoms with Gasteiger partial charge in [-0.1, -0.05) is 177 Å². The van der Waals surface area contributed by atoms with E-state index in [1.165, 1.54) is 89.9 Å². The number of rotatable bonds is 47.